The van der Waals surface area contributed by atoms with Gasteiger partial charge in [-0.15, -0.1) is 0 Å². The Bertz CT molecular complexity index is 677. The number of rotatable bonds is 4. The number of nitrogens with one attached hydrogen (secondary N) is 1. The zero-order valence-corrected chi connectivity index (χ0v) is 11.2. The summed E-state index contributed by atoms with van der Waals surface area (Å²) in [5, 5.41) is 2.51. The average Bonchev–Trinajstić information content (AvgIpc) is 2.48. The largest absolute Gasteiger partial charge is 0.481 e. The Hall–Kier alpha value is -2.70. The van der Waals surface area contributed by atoms with Crippen LogP contribution in [0, 0.1) is 11.6 Å². The maximum Gasteiger partial charge on any atom is 0.254 e. The van der Waals surface area contributed by atoms with Gasteiger partial charge in [0.2, 0.25) is 5.88 Å². The van der Waals surface area contributed by atoms with Gasteiger partial charge in [0.25, 0.3) is 5.91 Å². The number of carbonyl (C=O) groups excluding carboxylic acids is 1. The molecule has 5 nitrogen and oxygen atoms in total. The lowest BCUT2D eigenvalue weighted by Gasteiger charge is -2.08. The molecule has 0 aliphatic carbocycles. The van der Waals surface area contributed by atoms with Gasteiger partial charge in [0, 0.05) is 24.9 Å². The normalized spacial score (nSPS) is 10.2. The number of nitrogen functional groups attached to an aromatic ring is 1. The standard InChI is InChI=1S/C14H13F2N3O2/c1-21-13-4-8(2-3-18-13)7-19-14(20)9-5-12(17)11(16)6-10(9)15/h2-6H,7,17H2,1H3,(H,19,20). The van der Waals surface area contributed by atoms with Crippen molar-refractivity contribution in [3.05, 3.63) is 53.2 Å². The Labute approximate surface area is 119 Å². The minimum absolute atomic E-state index is 0.147. The SMILES string of the molecule is COc1cc(CNC(=O)c2cc(N)c(F)cc2F)ccn1. The molecule has 2 rings (SSSR count). The molecule has 0 aliphatic rings. The number of nitrogens with zero attached hydrogens (tertiary/aromatic N) is 1. The summed E-state index contributed by atoms with van der Waals surface area (Å²) in [5.41, 5.74) is 5.46. The van der Waals surface area contributed by atoms with Crippen LogP contribution in [0.3, 0.4) is 0 Å². The van der Waals surface area contributed by atoms with Crippen molar-refractivity contribution < 1.29 is 18.3 Å². The summed E-state index contributed by atoms with van der Waals surface area (Å²) in [6.45, 7) is 0.147. The summed E-state index contributed by atoms with van der Waals surface area (Å²) >= 11 is 0. The minimum Gasteiger partial charge on any atom is -0.481 e. The topological polar surface area (TPSA) is 77.2 Å². The number of nitrogens with two attached hydrogens (primary N) is 1. The molecule has 0 bridgehead atoms. The maximum absolute atomic E-state index is 13.5. The second kappa shape index (κ2) is 6.17. The zero-order valence-electron chi connectivity index (χ0n) is 11.2. The molecule has 7 heteroatoms. The summed E-state index contributed by atoms with van der Waals surface area (Å²) in [7, 11) is 1.47. The fraction of sp³-hybridized carbons (Fsp3) is 0.143. The van der Waals surface area contributed by atoms with Crippen LogP contribution in [0.1, 0.15) is 15.9 Å². The molecule has 0 unspecified atom stereocenters. The summed E-state index contributed by atoms with van der Waals surface area (Å²) in [6, 6.07) is 4.86. The molecule has 21 heavy (non-hydrogen) atoms. The van der Waals surface area contributed by atoms with Crippen LogP contribution in [-0.2, 0) is 6.54 Å². The van der Waals surface area contributed by atoms with Gasteiger partial charge in [-0.05, 0) is 17.7 Å². The fourth-order valence-corrected chi connectivity index (χ4v) is 1.69. The third kappa shape index (κ3) is 3.44. The van der Waals surface area contributed by atoms with Gasteiger partial charge in [0.15, 0.2) is 0 Å². The third-order valence-electron chi connectivity index (χ3n) is 2.79. The molecule has 0 radical (unpaired) electrons. The summed E-state index contributed by atoms with van der Waals surface area (Å²) in [5.74, 6) is -2.15. The highest BCUT2D eigenvalue weighted by atomic mass is 19.1. The van der Waals surface area contributed by atoms with Crippen LogP contribution in [0.2, 0.25) is 0 Å². The summed E-state index contributed by atoms with van der Waals surface area (Å²) in [6.07, 6.45) is 1.52. The second-order valence-electron chi connectivity index (χ2n) is 4.24. The quantitative estimate of drug-likeness (QED) is 0.844. The lowest BCUT2D eigenvalue weighted by molar-refractivity contribution is 0.0946. The Kier molecular flexibility index (Phi) is 4.32. The van der Waals surface area contributed by atoms with E-state index in [4.69, 9.17) is 10.5 Å². The molecule has 1 heterocycles. The van der Waals surface area contributed by atoms with Gasteiger partial charge in [0.05, 0.1) is 18.4 Å². The van der Waals surface area contributed by atoms with Crippen LogP contribution < -0.4 is 15.8 Å². The number of methoxy groups -OCH3 is 1. The van der Waals surface area contributed by atoms with Crippen LogP contribution in [-0.4, -0.2) is 18.0 Å². The van der Waals surface area contributed by atoms with E-state index in [-0.39, 0.29) is 17.8 Å². The van der Waals surface area contributed by atoms with E-state index >= 15 is 0 Å². The molecule has 0 spiro atoms. The lowest BCUT2D eigenvalue weighted by atomic mass is 10.1. The van der Waals surface area contributed by atoms with Crippen LogP contribution in [0.4, 0.5) is 14.5 Å². The highest BCUT2D eigenvalue weighted by Crippen LogP contribution is 2.17. The predicted molar refractivity (Wildman–Crippen MR) is 72.7 cm³/mol. The molecule has 0 saturated carbocycles. The number of benzene rings is 1. The van der Waals surface area contributed by atoms with Gasteiger partial charge in [-0.1, -0.05) is 0 Å². The van der Waals surface area contributed by atoms with E-state index in [1.54, 1.807) is 12.1 Å². The number of ether oxygens (including phenoxy) is 1. The molecule has 0 saturated heterocycles. The molecule has 0 atom stereocenters. The molecule has 1 aromatic carbocycles. The molecule has 2 aromatic rings. The van der Waals surface area contributed by atoms with Crippen LogP contribution >= 0.6 is 0 Å². The van der Waals surface area contributed by atoms with Crippen molar-refractivity contribution in [2.24, 2.45) is 0 Å². The molecular formula is C14H13F2N3O2. The second-order valence-corrected chi connectivity index (χ2v) is 4.24. The van der Waals surface area contributed by atoms with Gasteiger partial charge in [-0.2, -0.15) is 0 Å². The van der Waals surface area contributed by atoms with E-state index in [9.17, 15) is 13.6 Å². The first-order chi connectivity index (χ1) is 10.0. The van der Waals surface area contributed by atoms with E-state index in [1.165, 1.54) is 13.3 Å². The number of carbonyl (C=O) groups is 1. The summed E-state index contributed by atoms with van der Waals surface area (Å²) < 4.78 is 31.5. The van der Waals surface area contributed by atoms with Crippen LogP contribution in [0.15, 0.2) is 30.5 Å². The number of aromatic nitrogens is 1. The molecule has 3 N–H and O–H groups in total. The van der Waals surface area contributed by atoms with Crippen molar-refractivity contribution in [3.8, 4) is 5.88 Å². The highest BCUT2D eigenvalue weighted by molar-refractivity contribution is 5.95. The number of halogens is 2. The summed E-state index contributed by atoms with van der Waals surface area (Å²) in [4.78, 5) is 15.8. The van der Waals surface area contributed by atoms with Crippen LogP contribution in [0.5, 0.6) is 5.88 Å². The number of amides is 1. The van der Waals surface area contributed by atoms with Gasteiger partial charge in [0.1, 0.15) is 11.6 Å². The fourth-order valence-electron chi connectivity index (χ4n) is 1.69. The highest BCUT2D eigenvalue weighted by Gasteiger charge is 2.14. The lowest BCUT2D eigenvalue weighted by Crippen LogP contribution is -2.24. The van der Waals surface area contributed by atoms with Gasteiger partial charge < -0.3 is 15.8 Å². The number of hydrogen-bond donors (Lipinski definition) is 2. The molecule has 110 valence electrons. The van der Waals surface area contributed by atoms with Crippen molar-refractivity contribution in [3.63, 3.8) is 0 Å². The Balaban J connectivity index is 2.10. The molecular weight excluding hydrogens is 280 g/mol. The van der Waals surface area contributed by atoms with Crippen molar-refractivity contribution in [2.75, 3.05) is 12.8 Å². The number of pyridine rings is 1. The average molecular weight is 293 g/mol. The van der Waals surface area contributed by atoms with E-state index < -0.39 is 17.5 Å². The number of anilines is 1. The third-order valence-corrected chi connectivity index (χ3v) is 2.79. The monoisotopic (exact) mass is 293 g/mol. The van der Waals surface area contributed by atoms with E-state index in [2.05, 4.69) is 10.3 Å². The van der Waals surface area contributed by atoms with E-state index in [0.717, 1.165) is 11.6 Å². The molecule has 1 amide bonds. The molecule has 0 fully saturated rings. The van der Waals surface area contributed by atoms with E-state index in [1.807, 2.05) is 0 Å². The van der Waals surface area contributed by atoms with E-state index in [0.29, 0.717) is 11.9 Å². The predicted octanol–water partition coefficient (Wildman–Crippen LogP) is 1.88. The first kappa shape index (κ1) is 14.7. The van der Waals surface area contributed by atoms with Crippen molar-refractivity contribution in [2.45, 2.75) is 6.54 Å². The minimum atomic E-state index is -0.966. The first-order valence-electron chi connectivity index (χ1n) is 6.03. The Morgan fingerprint density at radius 1 is 1.33 bits per heavy atom. The Morgan fingerprint density at radius 3 is 2.81 bits per heavy atom. The molecule has 0 aliphatic heterocycles. The van der Waals surface area contributed by atoms with Crippen molar-refractivity contribution in [1.82, 2.24) is 10.3 Å². The smallest absolute Gasteiger partial charge is 0.254 e. The van der Waals surface area contributed by atoms with Gasteiger partial charge >= 0.3 is 0 Å². The van der Waals surface area contributed by atoms with Gasteiger partial charge in [-0.25, -0.2) is 13.8 Å². The molecule has 1 aromatic heterocycles. The Morgan fingerprint density at radius 2 is 2.10 bits per heavy atom. The van der Waals surface area contributed by atoms with Gasteiger partial charge in [-0.3, -0.25) is 4.79 Å². The van der Waals surface area contributed by atoms with Crippen molar-refractivity contribution >= 4 is 11.6 Å². The van der Waals surface area contributed by atoms with Crippen molar-refractivity contribution in [1.29, 1.82) is 0 Å². The first-order valence-corrected chi connectivity index (χ1v) is 6.03. The zero-order chi connectivity index (χ0) is 15.4. The van der Waals surface area contributed by atoms with Crippen LogP contribution in [0.25, 0.3) is 0 Å². The number of hydrogen-bond acceptors (Lipinski definition) is 4. The maximum atomic E-state index is 13.5.